The van der Waals surface area contributed by atoms with Gasteiger partial charge in [0.05, 0.1) is 12.6 Å². The van der Waals surface area contributed by atoms with Crippen LogP contribution in [0.3, 0.4) is 0 Å². The van der Waals surface area contributed by atoms with Crippen LogP contribution in [0.2, 0.25) is 0 Å². The molecule has 0 unspecified atom stereocenters. The van der Waals surface area contributed by atoms with E-state index in [4.69, 9.17) is 0 Å². The lowest BCUT2D eigenvalue weighted by Gasteiger charge is -2.04. The fraction of sp³-hybridized carbons (Fsp3) is 0.133. The van der Waals surface area contributed by atoms with Crippen LogP contribution in [0.15, 0.2) is 35.7 Å². The Hall–Kier alpha value is -2.27. The van der Waals surface area contributed by atoms with E-state index < -0.39 is 5.97 Å². The number of esters is 1. The molecule has 0 fully saturated rings. The molecule has 0 aliphatic carbocycles. The Morgan fingerprint density at radius 1 is 1.25 bits per heavy atom. The number of fused-ring (bicyclic) bond motifs is 1. The molecule has 100 valence electrons. The van der Waals surface area contributed by atoms with Crippen LogP contribution in [0.5, 0.6) is 0 Å². The van der Waals surface area contributed by atoms with Gasteiger partial charge in [0.15, 0.2) is 5.69 Å². The lowest BCUT2D eigenvalue weighted by atomic mass is 10.1. The molecule has 0 saturated carbocycles. The summed E-state index contributed by atoms with van der Waals surface area (Å²) in [7, 11) is 1.35. The number of aromatic nitrogens is 2. The van der Waals surface area contributed by atoms with E-state index in [0.717, 1.165) is 27.2 Å². The van der Waals surface area contributed by atoms with Crippen molar-refractivity contribution in [3.63, 3.8) is 0 Å². The Balaban J connectivity index is 2.19. The first kappa shape index (κ1) is 12.7. The number of carbonyl (C=O) groups is 1. The second-order valence-electron chi connectivity index (χ2n) is 4.36. The van der Waals surface area contributed by atoms with E-state index in [9.17, 15) is 4.79 Å². The van der Waals surface area contributed by atoms with E-state index in [1.807, 2.05) is 37.3 Å². The van der Waals surface area contributed by atoms with Gasteiger partial charge in [0.2, 0.25) is 0 Å². The number of thiazole rings is 1. The minimum atomic E-state index is -0.414. The number of pyridine rings is 1. The van der Waals surface area contributed by atoms with E-state index in [1.165, 1.54) is 18.4 Å². The first-order valence-electron chi connectivity index (χ1n) is 6.09. The molecule has 2 aromatic heterocycles. The van der Waals surface area contributed by atoms with Gasteiger partial charge >= 0.3 is 5.97 Å². The fourth-order valence-electron chi connectivity index (χ4n) is 2.08. The Morgan fingerprint density at radius 2 is 2.05 bits per heavy atom. The number of para-hydroxylation sites is 1. The summed E-state index contributed by atoms with van der Waals surface area (Å²) < 4.78 is 4.69. The molecule has 3 rings (SSSR count). The molecular formula is C15H12N2O2S. The topological polar surface area (TPSA) is 52.1 Å². The maximum atomic E-state index is 11.5. The van der Waals surface area contributed by atoms with Crippen molar-refractivity contribution in [2.24, 2.45) is 0 Å². The highest BCUT2D eigenvalue weighted by molar-refractivity contribution is 7.13. The van der Waals surface area contributed by atoms with Gasteiger partial charge in [-0.15, -0.1) is 11.3 Å². The van der Waals surface area contributed by atoms with Crippen LogP contribution in [0.25, 0.3) is 21.5 Å². The van der Waals surface area contributed by atoms with Gasteiger partial charge < -0.3 is 4.74 Å². The number of carbonyl (C=O) groups excluding carboxylic acids is 1. The SMILES string of the molecule is COC(=O)c1csc(-c2cc(C)nc3ccccc23)n1. The summed E-state index contributed by atoms with van der Waals surface area (Å²) in [5, 5.41) is 3.54. The summed E-state index contributed by atoms with van der Waals surface area (Å²) in [5.74, 6) is -0.414. The minimum Gasteiger partial charge on any atom is -0.464 e. The molecule has 20 heavy (non-hydrogen) atoms. The summed E-state index contributed by atoms with van der Waals surface area (Å²) >= 11 is 1.43. The van der Waals surface area contributed by atoms with Gasteiger partial charge in [-0.1, -0.05) is 18.2 Å². The first-order valence-corrected chi connectivity index (χ1v) is 6.97. The monoisotopic (exact) mass is 284 g/mol. The maximum Gasteiger partial charge on any atom is 0.357 e. The number of benzene rings is 1. The van der Waals surface area contributed by atoms with Gasteiger partial charge in [0.25, 0.3) is 0 Å². The summed E-state index contributed by atoms with van der Waals surface area (Å²) in [6.07, 6.45) is 0. The third kappa shape index (κ3) is 2.16. The van der Waals surface area contributed by atoms with E-state index in [-0.39, 0.29) is 0 Å². The Bertz CT molecular complexity index is 795. The van der Waals surface area contributed by atoms with Gasteiger partial charge in [-0.25, -0.2) is 9.78 Å². The largest absolute Gasteiger partial charge is 0.464 e. The average molecular weight is 284 g/mol. The van der Waals surface area contributed by atoms with E-state index in [1.54, 1.807) is 5.38 Å². The van der Waals surface area contributed by atoms with Gasteiger partial charge in [0.1, 0.15) is 5.01 Å². The quantitative estimate of drug-likeness (QED) is 0.676. The number of rotatable bonds is 2. The third-order valence-electron chi connectivity index (χ3n) is 2.97. The van der Waals surface area contributed by atoms with Gasteiger partial charge in [0, 0.05) is 22.0 Å². The third-order valence-corrected chi connectivity index (χ3v) is 3.85. The molecule has 0 atom stereocenters. The molecule has 0 spiro atoms. The van der Waals surface area contributed by atoms with Crippen molar-refractivity contribution in [3.05, 3.63) is 47.1 Å². The van der Waals surface area contributed by atoms with Crippen LogP contribution in [-0.2, 0) is 4.74 Å². The molecule has 0 amide bonds. The molecule has 1 aromatic carbocycles. The number of aryl methyl sites for hydroxylation is 1. The number of nitrogens with zero attached hydrogens (tertiary/aromatic N) is 2. The van der Waals surface area contributed by atoms with Crippen LogP contribution in [0.1, 0.15) is 16.2 Å². The average Bonchev–Trinajstić information content (AvgIpc) is 2.95. The Labute approximate surface area is 120 Å². The van der Waals surface area contributed by atoms with Crippen molar-refractivity contribution in [2.75, 3.05) is 7.11 Å². The van der Waals surface area contributed by atoms with E-state index >= 15 is 0 Å². The first-order chi connectivity index (χ1) is 9.69. The second-order valence-corrected chi connectivity index (χ2v) is 5.22. The number of hydrogen-bond acceptors (Lipinski definition) is 5. The van der Waals surface area contributed by atoms with Crippen molar-refractivity contribution in [1.82, 2.24) is 9.97 Å². The van der Waals surface area contributed by atoms with Crippen molar-refractivity contribution < 1.29 is 9.53 Å². The fourth-order valence-corrected chi connectivity index (χ4v) is 2.90. The lowest BCUT2D eigenvalue weighted by Crippen LogP contribution is -2.01. The normalized spacial score (nSPS) is 10.7. The summed E-state index contributed by atoms with van der Waals surface area (Å²) in [4.78, 5) is 20.4. The highest BCUT2D eigenvalue weighted by Gasteiger charge is 2.14. The smallest absolute Gasteiger partial charge is 0.357 e. The highest BCUT2D eigenvalue weighted by atomic mass is 32.1. The number of ether oxygens (including phenoxy) is 1. The zero-order valence-corrected chi connectivity index (χ0v) is 11.9. The summed E-state index contributed by atoms with van der Waals surface area (Å²) in [6, 6.07) is 9.90. The zero-order valence-electron chi connectivity index (χ0n) is 11.1. The molecule has 0 aliphatic heterocycles. The molecule has 0 aliphatic rings. The van der Waals surface area contributed by atoms with Crippen LogP contribution >= 0.6 is 11.3 Å². The zero-order chi connectivity index (χ0) is 14.1. The molecule has 5 heteroatoms. The molecule has 2 heterocycles. The summed E-state index contributed by atoms with van der Waals surface area (Å²) in [5.41, 5.74) is 3.19. The molecule has 4 nitrogen and oxygen atoms in total. The second kappa shape index (κ2) is 5.02. The van der Waals surface area contributed by atoms with Gasteiger partial charge in [-0.3, -0.25) is 4.98 Å². The van der Waals surface area contributed by atoms with Crippen LogP contribution in [0, 0.1) is 6.92 Å². The van der Waals surface area contributed by atoms with Crippen LogP contribution in [0.4, 0.5) is 0 Å². The van der Waals surface area contributed by atoms with Crippen molar-refractivity contribution in [2.45, 2.75) is 6.92 Å². The van der Waals surface area contributed by atoms with Crippen molar-refractivity contribution >= 4 is 28.2 Å². The highest BCUT2D eigenvalue weighted by Crippen LogP contribution is 2.30. The minimum absolute atomic E-state index is 0.339. The van der Waals surface area contributed by atoms with Crippen molar-refractivity contribution in [3.8, 4) is 10.6 Å². The predicted molar refractivity (Wildman–Crippen MR) is 78.9 cm³/mol. The predicted octanol–water partition coefficient (Wildman–Crippen LogP) is 3.45. The Morgan fingerprint density at radius 3 is 2.85 bits per heavy atom. The summed E-state index contributed by atoms with van der Waals surface area (Å²) in [6.45, 7) is 1.95. The Kier molecular flexibility index (Phi) is 3.20. The van der Waals surface area contributed by atoms with E-state index in [2.05, 4.69) is 14.7 Å². The van der Waals surface area contributed by atoms with Gasteiger partial charge in [-0.2, -0.15) is 0 Å². The molecule has 0 N–H and O–H groups in total. The number of hydrogen-bond donors (Lipinski definition) is 0. The van der Waals surface area contributed by atoms with Gasteiger partial charge in [-0.05, 0) is 19.1 Å². The van der Waals surface area contributed by atoms with E-state index in [0.29, 0.717) is 5.69 Å². The molecule has 3 aromatic rings. The van der Waals surface area contributed by atoms with Crippen LogP contribution in [-0.4, -0.2) is 23.0 Å². The van der Waals surface area contributed by atoms with Crippen LogP contribution < -0.4 is 0 Å². The van der Waals surface area contributed by atoms with Crippen molar-refractivity contribution in [1.29, 1.82) is 0 Å². The molecule has 0 saturated heterocycles. The number of methoxy groups -OCH3 is 1. The molecule has 0 radical (unpaired) electrons. The maximum absolute atomic E-state index is 11.5. The lowest BCUT2D eigenvalue weighted by molar-refractivity contribution is 0.0595. The molecular weight excluding hydrogens is 272 g/mol. The standard InChI is InChI=1S/C15H12N2O2S/c1-9-7-11(10-5-3-4-6-12(10)16-9)14-17-13(8-20-14)15(18)19-2/h3-8H,1-2H3. The molecule has 0 bridgehead atoms.